The van der Waals surface area contributed by atoms with Crippen LogP contribution in [0.1, 0.15) is 5.56 Å². The van der Waals surface area contributed by atoms with Crippen molar-refractivity contribution >= 4 is 27.3 Å². The molecule has 0 unspecified atom stereocenters. The molecule has 1 N–H and O–H groups in total. The first-order valence-corrected chi connectivity index (χ1v) is 6.49. The minimum atomic E-state index is -0.860. The molecule has 2 aromatic carbocycles. The molecule has 8 heteroatoms. The van der Waals surface area contributed by atoms with Crippen LogP contribution in [0.3, 0.4) is 0 Å². The van der Waals surface area contributed by atoms with E-state index in [1.165, 1.54) is 0 Å². The molecule has 0 bridgehead atoms. The van der Waals surface area contributed by atoms with E-state index in [-0.39, 0.29) is 28.0 Å². The third-order valence-corrected chi connectivity index (χ3v) is 3.33. The number of nitro groups is 1. The fourth-order valence-corrected chi connectivity index (χ4v) is 2.32. The smallest absolute Gasteiger partial charge is 0.274 e. The second-order valence-corrected chi connectivity index (χ2v) is 4.98. The largest absolute Gasteiger partial charge is 0.377 e. The van der Waals surface area contributed by atoms with Crippen LogP contribution in [-0.2, 0) is 6.54 Å². The molecule has 2 aromatic rings. The first kappa shape index (κ1) is 15.3. The number of halogens is 4. The Morgan fingerprint density at radius 1 is 1.14 bits per heavy atom. The Kier molecular flexibility index (Phi) is 4.46. The zero-order chi connectivity index (χ0) is 15.6. The van der Waals surface area contributed by atoms with E-state index < -0.39 is 22.4 Å². The Labute approximate surface area is 125 Å². The minimum Gasteiger partial charge on any atom is -0.377 e. The van der Waals surface area contributed by atoms with E-state index in [1.54, 1.807) is 0 Å². The van der Waals surface area contributed by atoms with Crippen LogP contribution in [0.2, 0.25) is 0 Å². The van der Waals surface area contributed by atoms with Gasteiger partial charge in [0, 0.05) is 23.2 Å². The molecule has 2 rings (SSSR count). The van der Waals surface area contributed by atoms with Crippen molar-refractivity contribution < 1.29 is 18.1 Å². The molecule has 21 heavy (non-hydrogen) atoms. The van der Waals surface area contributed by atoms with Crippen LogP contribution in [0.4, 0.5) is 24.5 Å². The summed E-state index contributed by atoms with van der Waals surface area (Å²) in [6, 6.07) is 4.71. The highest BCUT2D eigenvalue weighted by molar-refractivity contribution is 9.10. The summed E-state index contributed by atoms with van der Waals surface area (Å²) in [5.41, 5.74) is -0.298. The molecule has 0 aromatic heterocycles. The lowest BCUT2D eigenvalue weighted by atomic mass is 10.1. The zero-order valence-electron chi connectivity index (χ0n) is 10.4. The number of hydrogen-bond acceptors (Lipinski definition) is 3. The number of anilines is 1. The summed E-state index contributed by atoms with van der Waals surface area (Å²) in [6.07, 6.45) is 0. The molecule has 0 aliphatic heterocycles. The van der Waals surface area contributed by atoms with E-state index in [2.05, 4.69) is 21.2 Å². The first-order valence-electron chi connectivity index (χ1n) is 5.69. The van der Waals surface area contributed by atoms with Crippen molar-refractivity contribution in [2.75, 3.05) is 5.32 Å². The van der Waals surface area contributed by atoms with Gasteiger partial charge in [0.2, 0.25) is 0 Å². The summed E-state index contributed by atoms with van der Waals surface area (Å²) >= 11 is 2.98. The fraction of sp³-hybridized carbons (Fsp3) is 0.0769. The highest BCUT2D eigenvalue weighted by atomic mass is 79.9. The number of nitrogens with zero attached hydrogens (tertiary/aromatic N) is 1. The molecule has 0 saturated heterocycles. The van der Waals surface area contributed by atoms with Gasteiger partial charge in [-0.05, 0) is 34.1 Å². The van der Waals surface area contributed by atoms with Gasteiger partial charge in [-0.3, -0.25) is 10.1 Å². The van der Waals surface area contributed by atoms with Gasteiger partial charge in [-0.1, -0.05) is 0 Å². The monoisotopic (exact) mass is 360 g/mol. The Hall–Kier alpha value is -2.09. The molecule has 0 saturated carbocycles. The molecule has 0 amide bonds. The Morgan fingerprint density at radius 2 is 1.86 bits per heavy atom. The van der Waals surface area contributed by atoms with E-state index in [4.69, 9.17) is 0 Å². The maximum atomic E-state index is 13.6. The molecule has 0 radical (unpaired) electrons. The normalized spacial score (nSPS) is 10.5. The van der Waals surface area contributed by atoms with E-state index in [0.717, 1.165) is 24.3 Å². The Bertz CT molecular complexity index is 687. The number of nitrogens with one attached hydrogen (secondary N) is 1. The standard InChI is InChI=1S/C13H8BrF3N2O2/c14-10-4-9(16)5-11(17)13(10)18-6-7-3-8(15)1-2-12(7)19(20)21/h1-5,18H,6H2. The van der Waals surface area contributed by atoms with Gasteiger partial charge < -0.3 is 5.32 Å². The molecule has 0 atom stereocenters. The van der Waals surface area contributed by atoms with Gasteiger partial charge in [-0.15, -0.1) is 0 Å². The van der Waals surface area contributed by atoms with E-state index in [9.17, 15) is 23.3 Å². The predicted molar refractivity (Wildman–Crippen MR) is 74.4 cm³/mol. The van der Waals surface area contributed by atoms with Gasteiger partial charge in [0.1, 0.15) is 17.5 Å². The van der Waals surface area contributed by atoms with Crippen LogP contribution in [0, 0.1) is 27.6 Å². The van der Waals surface area contributed by atoms with Crippen molar-refractivity contribution in [2.24, 2.45) is 0 Å². The van der Waals surface area contributed by atoms with Gasteiger partial charge in [-0.25, -0.2) is 13.2 Å². The highest BCUT2D eigenvalue weighted by Gasteiger charge is 2.16. The summed E-state index contributed by atoms with van der Waals surface area (Å²) in [5, 5.41) is 13.4. The number of hydrogen-bond donors (Lipinski definition) is 1. The van der Waals surface area contributed by atoms with E-state index >= 15 is 0 Å². The molecule has 0 spiro atoms. The summed E-state index contributed by atoms with van der Waals surface area (Å²) in [4.78, 5) is 10.2. The molecular weight excluding hydrogens is 353 g/mol. The molecule has 4 nitrogen and oxygen atoms in total. The molecule has 110 valence electrons. The minimum absolute atomic E-state index is 0.0515. The molecular formula is C13H8BrF3N2O2. The first-order chi connectivity index (χ1) is 9.88. The van der Waals surface area contributed by atoms with Gasteiger partial charge in [-0.2, -0.15) is 0 Å². The number of nitro benzene ring substituents is 1. The van der Waals surface area contributed by atoms with E-state index in [1.807, 2.05) is 0 Å². The number of rotatable bonds is 4. The SMILES string of the molecule is O=[N+]([O-])c1ccc(F)cc1CNc1c(F)cc(F)cc1Br. The lowest BCUT2D eigenvalue weighted by Gasteiger charge is -2.10. The van der Waals surface area contributed by atoms with Crippen LogP contribution >= 0.6 is 15.9 Å². The van der Waals surface area contributed by atoms with E-state index in [0.29, 0.717) is 6.07 Å². The second kappa shape index (κ2) is 6.13. The van der Waals surface area contributed by atoms with Gasteiger partial charge in [0.05, 0.1) is 16.2 Å². The lowest BCUT2D eigenvalue weighted by molar-refractivity contribution is -0.385. The van der Waals surface area contributed by atoms with Crippen molar-refractivity contribution in [2.45, 2.75) is 6.54 Å². The summed E-state index contributed by atoms with van der Waals surface area (Å²) in [6.45, 7) is -0.185. The van der Waals surface area contributed by atoms with Crippen molar-refractivity contribution in [3.63, 3.8) is 0 Å². The van der Waals surface area contributed by atoms with Gasteiger partial charge in [0.15, 0.2) is 0 Å². The summed E-state index contributed by atoms with van der Waals surface area (Å²) < 4.78 is 39.9. The maximum absolute atomic E-state index is 13.6. The molecule has 0 fully saturated rings. The summed E-state index contributed by atoms with van der Waals surface area (Å²) in [7, 11) is 0. The van der Waals surface area contributed by atoms with Crippen LogP contribution in [0.15, 0.2) is 34.8 Å². The maximum Gasteiger partial charge on any atom is 0.274 e. The topological polar surface area (TPSA) is 55.2 Å². The third kappa shape index (κ3) is 3.52. The molecule has 0 aliphatic carbocycles. The third-order valence-electron chi connectivity index (χ3n) is 2.70. The zero-order valence-corrected chi connectivity index (χ0v) is 12.0. The van der Waals surface area contributed by atoms with Crippen LogP contribution in [0.5, 0.6) is 0 Å². The van der Waals surface area contributed by atoms with Gasteiger partial charge >= 0.3 is 0 Å². The molecule has 0 heterocycles. The Morgan fingerprint density at radius 3 is 2.48 bits per heavy atom. The van der Waals surface area contributed by atoms with Crippen LogP contribution < -0.4 is 5.32 Å². The predicted octanol–water partition coefficient (Wildman–Crippen LogP) is 4.39. The van der Waals surface area contributed by atoms with Crippen molar-refractivity contribution in [1.82, 2.24) is 0 Å². The van der Waals surface area contributed by atoms with Crippen molar-refractivity contribution in [1.29, 1.82) is 0 Å². The van der Waals surface area contributed by atoms with Crippen molar-refractivity contribution in [3.05, 3.63) is 67.9 Å². The highest BCUT2D eigenvalue weighted by Crippen LogP contribution is 2.28. The van der Waals surface area contributed by atoms with Crippen LogP contribution in [0.25, 0.3) is 0 Å². The number of benzene rings is 2. The second-order valence-electron chi connectivity index (χ2n) is 4.13. The Balaban J connectivity index is 2.28. The average Bonchev–Trinajstić information content (AvgIpc) is 2.37. The van der Waals surface area contributed by atoms with Crippen LogP contribution in [-0.4, -0.2) is 4.92 Å². The quantitative estimate of drug-likeness (QED) is 0.649. The lowest BCUT2D eigenvalue weighted by Crippen LogP contribution is -2.06. The average molecular weight is 361 g/mol. The van der Waals surface area contributed by atoms with Gasteiger partial charge in [0.25, 0.3) is 5.69 Å². The fourth-order valence-electron chi connectivity index (χ4n) is 1.77. The summed E-state index contributed by atoms with van der Waals surface area (Å²) in [5.74, 6) is -2.27. The molecule has 0 aliphatic rings. The van der Waals surface area contributed by atoms with Crippen molar-refractivity contribution in [3.8, 4) is 0 Å².